The van der Waals surface area contributed by atoms with Crippen LogP contribution in [0.1, 0.15) is 41.0 Å². The summed E-state index contributed by atoms with van der Waals surface area (Å²) in [6.07, 6.45) is 0.794. The molecule has 0 spiro atoms. The molecular formula is C16H31N3O3. The first-order valence-electron chi connectivity index (χ1n) is 8.11. The minimum absolute atomic E-state index is 0.283. The number of amidine groups is 1. The van der Waals surface area contributed by atoms with Crippen molar-refractivity contribution in [3.63, 3.8) is 0 Å². The first-order valence-corrected chi connectivity index (χ1v) is 8.11. The lowest BCUT2D eigenvalue weighted by Crippen LogP contribution is -2.47. The van der Waals surface area contributed by atoms with E-state index in [2.05, 4.69) is 24.2 Å². The Morgan fingerprint density at radius 3 is 2.73 bits per heavy atom. The number of hydrogen-bond donors (Lipinski definition) is 1. The van der Waals surface area contributed by atoms with Gasteiger partial charge in [-0.15, -0.1) is 0 Å². The maximum atomic E-state index is 12.0. The van der Waals surface area contributed by atoms with E-state index in [-0.39, 0.29) is 6.09 Å². The molecule has 1 N–H and O–H groups in total. The third-order valence-corrected chi connectivity index (χ3v) is 3.08. The summed E-state index contributed by atoms with van der Waals surface area (Å²) in [6.45, 7) is 13.8. The first-order chi connectivity index (χ1) is 10.3. The summed E-state index contributed by atoms with van der Waals surface area (Å²) in [5, 5.41) is 3.23. The van der Waals surface area contributed by atoms with Gasteiger partial charge in [-0.25, -0.2) is 4.79 Å². The number of amides is 1. The van der Waals surface area contributed by atoms with Crippen molar-refractivity contribution in [2.45, 2.75) is 46.6 Å². The lowest BCUT2D eigenvalue weighted by atomic mass is 10.1. The number of aliphatic imine (C=N–C) groups is 1. The summed E-state index contributed by atoms with van der Waals surface area (Å²) in [7, 11) is 0. The van der Waals surface area contributed by atoms with Crippen molar-refractivity contribution in [3.8, 4) is 0 Å². The average molecular weight is 313 g/mol. The van der Waals surface area contributed by atoms with Gasteiger partial charge in [0.05, 0.1) is 19.7 Å². The Hall–Kier alpha value is -1.30. The van der Waals surface area contributed by atoms with Gasteiger partial charge in [-0.05, 0) is 33.1 Å². The number of nitrogens with one attached hydrogen (secondary N) is 1. The van der Waals surface area contributed by atoms with Gasteiger partial charge in [0, 0.05) is 19.7 Å². The van der Waals surface area contributed by atoms with Crippen molar-refractivity contribution in [2.24, 2.45) is 10.9 Å². The molecule has 128 valence electrons. The van der Waals surface area contributed by atoms with Crippen LogP contribution in [-0.4, -0.2) is 61.8 Å². The zero-order valence-corrected chi connectivity index (χ0v) is 14.6. The Labute approximate surface area is 134 Å². The lowest BCUT2D eigenvalue weighted by Gasteiger charge is -2.29. The predicted octanol–water partition coefficient (Wildman–Crippen LogP) is 2.29. The lowest BCUT2D eigenvalue weighted by molar-refractivity contribution is 0.0276. The SMILES string of the molecule is CC(C)CCOCCNC1=NCCN(C(=O)OC(C)(C)C)C1. The minimum Gasteiger partial charge on any atom is -0.444 e. The predicted molar refractivity (Wildman–Crippen MR) is 88.4 cm³/mol. The van der Waals surface area contributed by atoms with Crippen LogP contribution >= 0.6 is 0 Å². The van der Waals surface area contributed by atoms with E-state index in [1.165, 1.54) is 0 Å². The van der Waals surface area contributed by atoms with Crippen LogP contribution < -0.4 is 5.32 Å². The second-order valence-electron chi connectivity index (χ2n) is 6.95. The Morgan fingerprint density at radius 1 is 1.36 bits per heavy atom. The monoisotopic (exact) mass is 313 g/mol. The van der Waals surface area contributed by atoms with E-state index in [0.29, 0.717) is 38.7 Å². The molecule has 0 atom stereocenters. The fourth-order valence-corrected chi connectivity index (χ4v) is 1.90. The van der Waals surface area contributed by atoms with Gasteiger partial charge in [0.2, 0.25) is 0 Å². The van der Waals surface area contributed by atoms with Gasteiger partial charge in [-0.1, -0.05) is 13.8 Å². The quantitative estimate of drug-likeness (QED) is 0.764. The normalized spacial score (nSPS) is 15.7. The highest BCUT2D eigenvalue weighted by Crippen LogP contribution is 2.10. The molecule has 1 aliphatic rings. The van der Waals surface area contributed by atoms with Crippen LogP contribution in [0.3, 0.4) is 0 Å². The summed E-state index contributed by atoms with van der Waals surface area (Å²) >= 11 is 0. The second-order valence-corrected chi connectivity index (χ2v) is 6.95. The highest BCUT2D eigenvalue weighted by molar-refractivity contribution is 5.87. The van der Waals surface area contributed by atoms with Crippen molar-refractivity contribution in [3.05, 3.63) is 0 Å². The molecule has 1 amide bonds. The van der Waals surface area contributed by atoms with Crippen LogP contribution in [0.2, 0.25) is 0 Å². The molecule has 0 saturated carbocycles. The van der Waals surface area contributed by atoms with Crippen LogP contribution in [0.5, 0.6) is 0 Å². The first kappa shape index (κ1) is 18.7. The molecule has 0 saturated heterocycles. The van der Waals surface area contributed by atoms with Gasteiger partial charge in [0.15, 0.2) is 0 Å². The van der Waals surface area contributed by atoms with E-state index < -0.39 is 5.60 Å². The Kier molecular flexibility index (Phi) is 7.65. The summed E-state index contributed by atoms with van der Waals surface area (Å²) in [5.41, 5.74) is -0.469. The van der Waals surface area contributed by atoms with Gasteiger partial charge in [0.1, 0.15) is 11.4 Å². The zero-order valence-electron chi connectivity index (χ0n) is 14.6. The standard InChI is InChI=1S/C16H31N3O3/c1-13(2)6-10-21-11-8-18-14-12-19(9-7-17-14)15(20)22-16(3,4)5/h13H,6-12H2,1-5H3,(H,17,18). The number of hydrogen-bond acceptors (Lipinski definition) is 5. The van der Waals surface area contributed by atoms with Crippen LogP contribution in [0, 0.1) is 5.92 Å². The smallest absolute Gasteiger partial charge is 0.410 e. The van der Waals surface area contributed by atoms with E-state index in [9.17, 15) is 4.79 Å². The highest BCUT2D eigenvalue weighted by atomic mass is 16.6. The molecule has 6 heteroatoms. The van der Waals surface area contributed by atoms with E-state index in [4.69, 9.17) is 9.47 Å². The summed E-state index contributed by atoms with van der Waals surface area (Å²) < 4.78 is 10.9. The molecule has 0 aromatic carbocycles. The molecule has 1 heterocycles. The average Bonchev–Trinajstić information content (AvgIpc) is 2.41. The van der Waals surface area contributed by atoms with Crippen molar-refractivity contribution in [1.82, 2.24) is 10.2 Å². The fourth-order valence-electron chi connectivity index (χ4n) is 1.90. The Morgan fingerprint density at radius 2 is 2.09 bits per heavy atom. The molecule has 0 fully saturated rings. The van der Waals surface area contributed by atoms with Gasteiger partial charge in [-0.2, -0.15) is 0 Å². The largest absolute Gasteiger partial charge is 0.444 e. The highest BCUT2D eigenvalue weighted by Gasteiger charge is 2.24. The van der Waals surface area contributed by atoms with Crippen LogP contribution in [0.15, 0.2) is 4.99 Å². The molecule has 0 aromatic rings. The number of nitrogens with zero attached hydrogens (tertiary/aromatic N) is 2. The minimum atomic E-state index is -0.469. The zero-order chi connectivity index (χ0) is 16.6. The number of rotatable bonds is 6. The summed E-state index contributed by atoms with van der Waals surface area (Å²) in [4.78, 5) is 18.1. The van der Waals surface area contributed by atoms with Gasteiger partial charge in [-0.3, -0.25) is 9.89 Å². The molecular weight excluding hydrogens is 282 g/mol. The molecule has 6 nitrogen and oxygen atoms in total. The molecule has 22 heavy (non-hydrogen) atoms. The number of carbonyl (C=O) groups is 1. The molecule has 0 radical (unpaired) electrons. The van der Waals surface area contributed by atoms with E-state index >= 15 is 0 Å². The summed E-state index contributed by atoms with van der Waals surface area (Å²) in [6, 6.07) is 0. The van der Waals surface area contributed by atoms with Gasteiger partial charge in [0.25, 0.3) is 0 Å². The van der Waals surface area contributed by atoms with Crippen molar-refractivity contribution in [1.29, 1.82) is 0 Å². The van der Waals surface area contributed by atoms with E-state index in [0.717, 1.165) is 18.9 Å². The number of carbonyl (C=O) groups excluding carboxylic acids is 1. The van der Waals surface area contributed by atoms with E-state index in [1.54, 1.807) is 4.90 Å². The van der Waals surface area contributed by atoms with Crippen LogP contribution in [-0.2, 0) is 9.47 Å². The molecule has 0 aromatic heterocycles. The molecule has 0 unspecified atom stereocenters. The van der Waals surface area contributed by atoms with Crippen molar-refractivity contribution < 1.29 is 14.3 Å². The molecule has 1 aliphatic heterocycles. The number of ether oxygens (including phenoxy) is 2. The maximum absolute atomic E-state index is 12.0. The van der Waals surface area contributed by atoms with Gasteiger partial charge >= 0.3 is 6.09 Å². The topological polar surface area (TPSA) is 63.2 Å². The summed E-state index contributed by atoms with van der Waals surface area (Å²) in [5.74, 6) is 1.49. The van der Waals surface area contributed by atoms with Crippen molar-refractivity contribution >= 4 is 11.9 Å². The third-order valence-electron chi connectivity index (χ3n) is 3.08. The molecule has 1 rings (SSSR count). The van der Waals surface area contributed by atoms with Gasteiger partial charge < -0.3 is 14.8 Å². The maximum Gasteiger partial charge on any atom is 0.410 e. The second kappa shape index (κ2) is 8.98. The van der Waals surface area contributed by atoms with Crippen LogP contribution in [0.4, 0.5) is 4.79 Å². The Bertz CT molecular complexity index is 375. The third kappa shape index (κ3) is 8.22. The Balaban J connectivity index is 2.23. The van der Waals surface area contributed by atoms with Crippen molar-refractivity contribution in [2.75, 3.05) is 39.4 Å². The molecule has 0 aliphatic carbocycles. The fraction of sp³-hybridized carbons (Fsp3) is 0.875. The van der Waals surface area contributed by atoms with Crippen LogP contribution in [0.25, 0.3) is 0 Å². The molecule has 0 bridgehead atoms. The van der Waals surface area contributed by atoms with E-state index in [1.807, 2.05) is 20.8 Å².